The summed E-state index contributed by atoms with van der Waals surface area (Å²) in [5.41, 5.74) is 1.33. The number of rotatable bonds is 5. The van der Waals surface area contributed by atoms with E-state index in [0.717, 1.165) is 0 Å². The SMILES string of the molecule is CCC(NC(=O)c1cn(C)nc1-c1ccccc1Cl)C(=O)O. The first kappa shape index (κ1) is 16.0. The number of nitrogens with one attached hydrogen (secondary N) is 1. The van der Waals surface area contributed by atoms with E-state index in [1.54, 1.807) is 44.4 Å². The molecule has 1 unspecified atom stereocenters. The van der Waals surface area contributed by atoms with Gasteiger partial charge in [-0.1, -0.05) is 36.7 Å². The maximum atomic E-state index is 12.4. The van der Waals surface area contributed by atoms with Gasteiger partial charge in [0, 0.05) is 18.8 Å². The molecule has 0 saturated heterocycles. The number of hydrogen-bond acceptors (Lipinski definition) is 3. The highest BCUT2D eigenvalue weighted by molar-refractivity contribution is 6.33. The molecule has 0 aliphatic carbocycles. The van der Waals surface area contributed by atoms with Crippen LogP contribution in [-0.4, -0.2) is 32.8 Å². The molecule has 0 saturated carbocycles. The van der Waals surface area contributed by atoms with Gasteiger partial charge in [-0.05, 0) is 12.5 Å². The molecule has 1 amide bonds. The Hall–Kier alpha value is -2.34. The molecule has 0 aliphatic rings. The molecule has 2 N–H and O–H groups in total. The highest BCUT2D eigenvalue weighted by atomic mass is 35.5. The zero-order valence-electron chi connectivity index (χ0n) is 12.2. The molecular weight excluding hydrogens is 306 g/mol. The molecule has 1 aromatic heterocycles. The first-order chi connectivity index (χ1) is 10.4. The maximum absolute atomic E-state index is 12.4. The van der Waals surface area contributed by atoms with Gasteiger partial charge in [-0.15, -0.1) is 0 Å². The second kappa shape index (κ2) is 6.62. The van der Waals surface area contributed by atoms with Crippen molar-refractivity contribution in [2.45, 2.75) is 19.4 Å². The Labute approximate surface area is 132 Å². The summed E-state index contributed by atoms with van der Waals surface area (Å²) < 4.78 is 1.50. The number of benzene rings is 1. The Kier molecular flexibility index (Phi) is 4.82. The molecule has 6 nitrogen and oxygen atoms in total. The van der Waals surface area contributed by atoms with E-state index in [4.69, 9.17) is 16.7 Å². The predicted octanol–water partition coefficient (Wildman–Crippen LogP) is 2.33. The Bertz CT molecular complexity index is 712. The Morgan fingerprint density at radius 2 is 2.09 bits per heavy atom. The molecule has 2 rings (SSSR count). The van der Waals surface area contributed by atoms with Crippen molar-refractivity contribution in [1.82, 2.24) is 15.1 Å². The van der Waals surface area contributed by atoms with Gasteiger partial charge in [0.15, 0.2) is 0 Å². The summed E-state index contributed by atoms with van der Waals surface area (Å²) in [5.74, 6) is -1.56. The van der Waals surface area contributed by atoms with Crippen molar-refractivity contribution in [3.63, 3.8) is 0 Å². The molecule has 116 valence electrons. The molecule has 1 atom stereocenters. The van der Waals surface area contributed by atoms with Gasteiger partial charge in [-0.25, -0.2) is 4.79 Å². The summed E-state index contributed by atoms with van der Waals surface area (Å²) in [6.45, 7) is 1.69. The lowest BCUT2D eigenvalue weighted by molar-refractivity contribution is -0.139. The molecular formula is C15H16ClN3O3. The number of carboxylic acid groups (broad SMARTS) is 1. The lowest BCUT2D eigenvalue weighted by Gasteiger charge is -2.12. The van der Waals surface area contributed by atoms with Gasteiger partial charge >= 0.3 is 5.97 Å². The van der Waals surface area contributed by atoms with Crippen molar-refractivity contribution in [2.75, 3.05) is 0 Å². The summed E-state index contributed by atoms with van der Waals surface area (Å²) in [6, 6.07) is 6.11. The number of aromatic nitrogens is 2. The van der Waals surface area contributed by atoms with Crippen LogP contribution in [0.25, 0.3) is 11.3 Å². The van der Waals surface area contributed by atoms with Crippen molar-refractivity contribution < 1.29 is 14.7 Å². The fourth-order valence-corrected chi connectivity index (χ4v) is 2.31. The second-order valence-corrected chi connectivity index (χ2v) is 5.22. The van der Waals surface area contributed by atoms with Crippen LogP contribution in [0.1, 0.15) is 23.7 Å². The number of carbonyl (C=O) groups is 2. The minimum absolute atomic E-state index is 0.287. The van der Waals surface area contributed by atoms with Gasteiger partial charge in [0.25, 0.3) is 5.91 Å². The topological polar surface area (TPSA) is 84.2 Å². The molecule has 1 aromatic carbocycles. The Balaban J connectivity index is 2.39. The molecule has 0 fully saturated rings. The van der Waals surface area contributed by atoms with E-state index in [-0.39, 0.29) is 5.56 Å². The lowest BCUT2D eigenvalue weighted by atomic mass is 10.1. The third kappa shape index (κ3) is 3.28. The molecule has 0 aliphatic heterocycles. The van der Waals surface area contributed by atoms with Crippen molar-refractivity contribution in [1.29, 1.82) is 0 Å². The zero-order chi connectivity index (χ0) is 16.3. The van der Waals surface area contributed by atoms with Crippen LogP contribution in [0.3, 0.4) is 0 Å². The van der Waals surface area contributed by atoms with Gasteiger partial charge in [0.2, 0.25) is 0 Å². The highest BCUT2D eigenvalue weighted by Crippen LogP contribution is 2.28. The normalized spacial score (nSPS) is 12.0. The Morgan fingerprint density at radius 1 is 1.41 bits per heavy atom. The molecule has 0 spiro atoms. The minimum Gasteiger partial charge on any atom is -0.480 e. The van der Waals surface area contributed by atoms with Crippen molar-refractivity contribution in [2.24, 2.45) is 7.05 Å². The van der Waals surface area contributed by atoms with Crippen LogP contribution in [0.5, 0.6) is 0 Å². The van der Waals surface area contributed by atoms with Crippen molar-refractivity contribution in [3.8, 4) is 11.3 Å². The number of nitrogens with zero attached hydrogens (tertiary/aromatic N) is 2. The third-order valence-electron chi connectivity index (χ3n) is 3.21. The predicted molar refractivity (Wildman–Crippen MR) is 82.8 cm³/mol. The first-order valence-corrected chi connectivity index (χ1v) is 7.14. The van der Waals surface area contributed by atoms with Gasteiger partial charge < -0.3 is 10.4 Å². The molecule has 0 bridgehead atoms. The van der Waals surface area contributed by atoms with Crippen LogP contribution in [-0.2, 0) is 11.8 Å². The average molecular weight is 322 g/mol. The summed E-state index contributed by atoms with van der Waals surface area (Å²) in [5, 5.41) is 16.3. The van der Waals surface area contributed by atoms with E-state index >= 15 is 0 Å². The standard InChI is InChI=1S/C15H16ClN3O3/c1-3-12(15(21)22)17-14(20)10-8-19(2)18-13(10)9-6-4-5-7-11(9)16/h4-8,12H,3H2,1-2H3,(H,17,20)(H,21,22). The number of aryl methyl sites for hydroxylation is 1. The van der Waals surface area contributed by atoms with Gasteiger partial charge in [0.1, 0.15) is 11.7 Å². The molecule has 22 heavy (non-hydrogen) atoms. The maximum Gasteiger partial charge on any atom is 0.326 e. The minimum atomic E-state index is -1.07. The number of carboxylic acids is 1. The van der Waals surface area contributed by atoms with E-state index in [1.807, 2.05) is 0 Å². The lowest BCUT2D eigenvalue weighted by Crippen LogP contribution is -2.40. The average Bonchev–Trinajstić information content (AvgIpc) is 2.86. The number of amides is 1. The van der Waals surface area contributed by atoms with E-state index in [9.17, 15) is 9.59 Å². The van der Waals surface area contributed by atoms with Crippen LogP contribution in [0.4, 0.5) is 0 Å². The van der Waals surface area contributed by atoms with E-state index in [1.165, 1.54) is 4.68 Å². The van der Waals surface area contributed by atoms with Gasteiger partial charge in [0.05, 0.1) is 10.6 Å². The van der Waals surface area contributed by atoms with E-state index < -0.39 is 17.9 Å². The highest BCUT2D eigenvalue weighted by Gasteiger charge is 2.23. The van der Waals surface area contributed by atoms with Crippen LogP contribution < -0.4 is 5.32 Å². The summed E-state index contributed by atoms with van der Waals surface area (Å²) in [6.07, 6.45) is 1.84. The van der Waals surface area contributed by atoms with Gasteiger partial charge in [-0.2, -0.15) is 5.10 Å². The van der Waals surface area contributed by atoms with Crippen LogP contribution in [0.15, 0.2) is 30.5 Å². The van der Waals surface area contributed by atoms with Gasteiger partial charge in [-0.3, -0.25) is 9.48 Å². The first-order valence-electron chi connectivity index (χ1n) is 6.76. The Morgan fingerprint density at radius 3 is 2.68 bits per heavy atom. The summed E-state index contributed by atoms with van der Waals surface area (Å²) >= 11 is 6.15. The summed E-state index contributed by atoms with van der Waals surface area (Å²) in [7, 11) is 1.69. The molecule has 1 heterocycles. The quantitative estimate of drug-likeness (QED) is 0.885. The van der Waals surface area contributed by atoms with E-state index in [2.05, 4.69) is 10.4 Å². The monoisotopic (exact) mass is 321 g/mol. The number of hydrogen-bond donors (Lipinski definition) is 2. The molecule has 7 heteroatoms. The van der Waals surface area contributed by atoms with Crippen molar-refractivity contribution >= 4 is 23.5 Å². The second-order valence-electron chi connectivity index (χ2n) is 4.82. The number of aliphatic carboxylic acids is 1. The number of carbonyl (C=O) groups excluding carboxylic acids is 1. The smallest absolute Gasteiger partial charge is 0.326 e. The zero-order valence-corrected chi connectivity index (χ0v) is 13.0. The molecule has 0 radical (unpaired) electrons. The van der Waals surface area contributed by atoms with Crippen molar-refractivity contribution in [3.05, 3.63) is 41.0 Å². The number of halogens is 1. The van der Waals surface area contributed by atoms with Crippen LogP contribution >= 0.6 is 11.6 Å². The molecule has 2 aromatic rings. The van der Waals surface area contributed by atoms with Crippen LogP contribution in [0, 0.1) is 0 Å². The fourth-order valence-electron chi connectivity index (χ4n) is 2.08. The third-order valence-corrected chi connectivity index (χ3v) is 3.54. The largest absolute Gasteiger partial charge is 0.480 e. The summed E-state index contributed by atoms with van der Waals surface area (Å²) in [4.78, 5) is 23.4. The van der Waals surface area contributed by atoms with Crippen LogP contribution in [0.2, 0.25) is 5.02 Å². The fraction of sp³-hybridized carbons (Fsp3) is 0.267. The van der Waals surface area contributed by atoms with E-state index in [0.29, 0.717) is 22.7 Å².